The van der Waals surface area contributed by atoms with Gasteiger partial charge in [0.1, 0.15) is 16.7 Å². The summed E-state index contributed by atoms with van der Waals surface area (Å²) in [6.45, 7) is 1.73. The molecule has 0 saturated carbocycles. The van der Waals surface area contributed by atoms with Crippen LogP contribution in [0.5, 0.6) is 0 Å². The molecule has 0 aliphatic heterocycles. The Hall–Kier alpha value is -2.42. The van der Waals surface area contributed by atoms with Gasteiger partial charge in [-0.25, -0.2) is 15.0 Å². The Kier molecular flexibility index (Phi) is 2.45. The topological polar surface area (TPSA) is 109 Å². The van der Waals surface area contributed by atoms with Gasteiger partial charge in [-0.15, -0.1) is 5.10 Å². The zero-order valence-corrected chi connectivity index (χ0v) is 10.0. The summed E-state index contributed by atoms with van der Waals surface area (Å²) in [5.41, 5.74) is 1.67. The monoisotopic (exact) mass is 261 g/mol. The van der Waals surface area contributed by atoms with Gasteiger partial charge >= 0.3 is 0 Å². The second-order valence-corrected chi connectivity index (χ2v) is 4.22. The molecule has 0 spiro atoms. The van der Waals surface area contributed by atoms with E-state index in [0.29, 0.717) is 27.6 Å². The lowest BCUT2D eigenvalue weighted by Gasteiger charge is -2.02. The number of aromatic amines is 1. The Morgan fingerprint density at radius 1 is 1.39 bits per heavy atom. The fourth-order valence-corrected chi connectivity index (χ4v) is 2.02. The molecule has 2 N–H and O–H groups in total. The van der Waals surface area contributed by atoms with E-state index in [1.807, 2.05) is 0 Å². The molecule has 3 heterocycles. The molecule has 18 heavy (non-hydrogen) atoms. The van der Waals surface area contributed by atoms with Gasteiger partial charge in [-0.2, -0.15) is 0 Å². The lowest BCUT2D eigenvalue weighted by Crippen LogP contribution is -2.13. The number of imidazole rings is 1. The minimum absolute atomic E-state index is 0.294. The number of aromatic nitrogens is 6. The second-order valence-electron chi connectivity index (χ2n) is 3.47. The van der Waals surface area contributed by atoms with Crippen molar-refractivity contribution in [3.8, 4) is 0 Å². The molecule has 0 saturated heterocycles. The van der Waals surface area contributed by atoms with Gasteiger partial charge in [0.25, 0.3) is 5.91 Å². The Labute approximate surface area is 105 Å². The van der Waals surface area contributed by atoms with Gasteiger partial charge in [-0.3, -0.25) is 4.79 Å². The normalized spacial score (nSPS) is 10.7. The summed E-state index contributed by atoms with van der Waals surface area (Å²) in [5, 5.41) is 6.47. The molecule has 0 bridgehead atoms. The lowest BCUT2D eigenvalue weighted by atomic mass is 10.3. The minimum Gasteiger partial charge on any atom is -0.340 e. The number of fused-ring (bicyclic) bond motifs is 1. The average Bonchev–Trinajstić information content (AvgIpc) is 2.97. The van der Waals surface area contributed by atoms with Crippen LogP contribution in [0.15, 0.2) is 12.7 Å². The number of amides is 1. The SMILES string of the molecule is Cc1nnsc1C(=O)Nc1ncnc2nc[nH]c12. The summed E-state index contributed by atoms with van der Waals surface area (Å²) < 4.78 is 3.71. The second kappa shape index (κ2) is 4.11. The maximum absolute atomic E-state index is 12.0. The first-order chi connectivity index (χ1) is 8.75. The van der Waals surface area contributed by atoms with E-state index >= 15 is 0 Å². The molecule has 0 radical (unpaired) electrons. The lowest BCUT2D eigenvalue weighted by molar-refractivity contribution is 0.102. The van der Waals surface area contributed by atoms with Crippen molar-refractivity contribution in [1.29, 1.82) is 0 Å². The molecular formula is C9H7N7OS. The van der Waals surface area contributed by atoms with Gasteiger partial charge in [-0.1, -0.05) is 4.49 Å². The van der Waals surface area contributed by atoms with Gasteiger partial charge < -0.3 is 10.3 Å². The highest BCUT2D eigenvalue weighted by atomic mass is 32.1. The number of hydrogen-bond donors (Lipinski definition) is 2. The van der Waals surface area contributed by atoms with Crippen LogP contribution in [0.1, 0.15) is 15.4 Å². The summed E-state index contributed by atoms with van der Waals surface area (Å²) in [5.74, 6) is 0.0902. The van der Waals surface area contributed by atoms with E-state index in [1.54, 1.807) is 6.92 Å². The fourth-order valence-electron chi connectivity index (χ4n) is 1.46. The number of H-pyrrole nitrogens is 1. The molecule has 0 fully saturated rings. The zero-order chi connectivity index (χ0) is 12.5. The van der Waals surface area contributed by atoms with E-state index in [9.17, 15) is 4.79 Å². The molecule has 9 heteroatoms. The predicted octanol–water partition coefficient (Wildman–Crippen LogP) is 0.765. The molecule has 0 atom stereocenters. The van der Waals surface area contributed by atoms with Crippen LogP contribution in [0.4, 0.5) is 5.82 Å². The maximum Gasteiger partial charge on any atom is 0.270 e. The first kappa shape index (κ1) is 10.7. The summed E-state index contributed by atoms with van der Waals surface area (Å²) in [4.78, 5) is 27.3. The van der Waals surface area contributed by atoms with Crippen molar-refractivity contribution in [2.24, 2.45) is 0 Å². The van der Waals surface area contributed by atoms with E-state index in [1.165, 1.54) is 12.7 Å². The smallest absolute Gasteiger partial charge is 0.270 e. The largest absolute Gasteiger partial charge is 0.340 e. The average molecular weight is 261 g/mol. The highest BCUT2D eigenvalue weighted by molar-refractivity contribution is 7.08. The van der Waals surface area contributed by atoms with Crippen LogP contribution >= 0.6 is 11.5 Å². The molecule has 0 aromatic carbocycles. The Bertz CT molecular complexity index is 718. The number of carbonyl (C=O) groups excluding carboxylic acids is 1. The summed E-state index contributed by atoms with van der Waals surface area (Å²) in [7, 11) is 0. The van der Waals surface area contributed by atoms with Gasteiger partial charge in [0.2, 0.25) is 0 Å². The van der Waals surface area contributed by atoms with Gasteiger partial charge in [0.05, 0.1) is 12.0 Å². The highest BCUT2D eigenvalue weighted by Gasteiger charge is 2.15. The summed E-state index contributed by atoms with van der Waals surface area (Å²) in [6, 6.07) is 0. The van der Waals surface area contributed by atoms with E-state index in [2.05, 4.69) is 34.8 Å². The number of nitrogens with one attached hydrogen (secondary N) is 2. The molecule has 0 aliphatic rings. The molecule has 0 aliphatic carbocycles. The number of anilines is 1. The third-order valence-corrected chi connectivity index (χ3v) is 3.14. The van der Waals surface area contributed by atoms with Crippen molar-refractivity contribution in [1.82, 2.24) is 29.5 Å². The number of hydrogen-bond acceptors (Lipinski definition) is 7. The molecule has 8 nitrogen and oxygen atoms in total. The quantitative estimate of drug-likeness (QED) is 0.705. The minimum atomic E-state index is -0.294. The van der Waals surface area contributed by atoms with Crippen molar-refractivity contribution < 1.29 is 4.79 Å². The van der Waals surface area contributed by atoms with E-state index in [4.69, 9.17) is 0 Å². The number of carbonyl (C=O) groups is 1. The molecule has 3 aromatic rings. The molecule has 3 aromatic heterocycles. The predicted molar refractivity (Wildman–Crippen MR) is 64.3 cm³/mol. The fraction of sp³-hybridized carbons (Fsp3) is 0.111. The number of aryl methyl sites for hydroxylation is 1. The van der Waals surface area contributed by atoms with Crippen molar-refractivity contribution in [2.45, 2.75) is 6.92 Å². The van der Waals surface area contributed by atoms with E-state index in [0.717, 1.165) is 11.5 Å². The summed E-state index contributed by atoms with van der Waals surface area (Å²) >= 11 is 1.04. The Morgan fingerprint density at radius 2 is 2.28 bits per heavy atom. The highest BCUT2D eigenvalue weighted by Crippen LogP contribution is 2.17. The first-order valence-corrected chi connectivity index (χ1v) is 5.77. The van der Waals surface area contributed by atoms with Crippen molar-refractivity contribution >= 4 is 34.4 Å². The van der Waals surface area contributed by atoms with Gasteiger partial charge in [0, 0.05) is 0 Å². The van der Waals surface area contributed by atoms with E-state index in [-0.39, 0.29) is 5.91 Å². The van der Waals surface area contributed by atoms with Crippen LogP contribution in [0.3, 0.4) is 0 Å². The van der Waals surface area contributed by atoms with Crippen molar-refractivity contribution in [3.05, 3.63) is 23.2 Å². The molecule has 0 unspecified atom stereocenters. The zero-order valence-electron chi connectivity index (χ0n) is 9.21. The van der Waals surface area contributed by atoms with Gasteiger partial charge in [0.15, 0.2) is 11.5 Å². The van der Waals surface area contributed by atoms with Crippen LogP contribution < -0.4 is 5.32 Å². The van der Waals surface area contributed by atoms with Crippen molar-refractivity contribution in [3.63, 3.8) is 0 Å². The Balaban J connectivity index is 1.95. The van der Waals surface area contributed by atoms with Crippen LogP contribution in [0.2, 0.25) is 0 Å². The standard InChI is InChI=1S/C9H7N7OS/c1-4-6(18-16-15-4)9(17)14-8-5-7(11-2-10-5)12-3-13-8/h2-3H,1H3,(H2,10,11,12,13,14,17). The Morgan fingerprint density at radius 3 is 3.06 bits per heavy atom. The molecule has 3 rings (SSSR count). The molecule has 1 amide bonds. The van der Waals surface area contributed by atoms with Crippen molar-refractivity contribution in [2.75, 3.05) is 5.32 Å². The maximum atomic E-state index is 12.0. The number of nitrogens with zero attached hydrogens (tertiary/aromatic N) is 5. The van der Waals surface area contributed by atoms with Crippen LogP contribution in [-0.4, -0.2) is 35.4 Å². The first-order valence-electron chi connectivity index (χ1n) is 5.00. The van der Waals surface area contributed by atoms with Gasteiger partial charge in [-0.05, 0) is 18.5 Å². The number of rotatable bonds is 2. The van der Waals surface area contributed by atoms with Crippen LogP contribution in [0.25, 0.3) is 11.2 Å². The van der Waals surface area contributed by atoms with E-state index < -0.39 is 0 Å². The third-order valence-electron chi connectivity index (χ3n) is 2.31. The molecule has 90 valence electrons. The summed E-state index contributed by atoms with van der Waals surface area (Å²) in [6.07, 6.45) is 2.84. The third kappa shape index (κ3) is 1.70. The molecular weight excluding hydrogens is 254 g/mol. The van der Waals surface area contributed by atoms with Crippen LogP contribution in [0, 0.1) is 6.92 Å². The van der Waals surface area contributed by atoms with Crippen LogP contribution in [-0.2, 0) is 0 Å².